The number of nitro benzene ring substituents is 1. The molecule has 0 unspecified atom stereocenters. The van der Waals surface area contributed by atoms with Crippen molar-refractivity contribution >= 4 is 17.3 Å². The third kappa shape index (κ3) is 4.36. The van der Waals surface area contributed by atoms with Crippen LogP contribution in [-0.4, -0.2) is 18.1 Å². The number of allylic oxidation sites excluding steroid dienone is 1. The number of benzene rings is 2. The van der Waals surface area contributed by atoms with Crippen molar-refractivity contribution in [3.05, 3.63) is 63.7 Å². The second-order valence-electron chi connectivity index (χ2n) is 5.52. The van der Waals surface area contributed by atoms with Crippen molar-refractivity contribution in [1.82, 2.24) is 0 Å². The van der Waals surface area contributed by atoms with Gasteiger partial charge in [0, 0.05) is 17.7 Å². The number of hydrogen-bond acceptors (Lipinski definition) is 5. The van der Waals surface area contributed by atoms with E-state index in [4.69, 9.17) is 9.47 Å². The van der Waals surface area contributed by atoms with Crippen LogP contribution in [0.25, 0.3) is 11.6 Å². The highest BCUT2D eigenvalue weighted by molar-refractivity contribution is 5.91. The molecule has 0 aliphatic carbocycles. The van der Waals surface area contributed by atoms with Gasteiger partial charge in [-0.1, -0.05) is 24.3 Å². The van der Waals surface area contributed by atoms with E-state index in [2.05, 4.69) is 6.07 Å². The minimum Gasteiger partial charge on any atom is -0.493 e. The molecule has 0 spiro atoms. The molecule has 25 heavy (non-hydrogen) atoms. The van der Waals surface area contributed by atoms with Gasteiger partial charge in [0.25, 0.3) is 5.69 Å². The smallest absolute Gasteiger partial charge is 0.270 e. The molecule has 2 rings (SSSR count). The number of ether oxygens (including phenoxy) is 2. The summed E-state index contributed by atoms with van der Waals surface area (Å²) in [5, 5.41) is 20.5. The van der Waals surface area contributed by atoms with E-state index < -0.39 is 4.92 Å². The maximum absolute atomic E-state index is 10.9. The van der Waals surface area contributed by atoms with Gasteiger partial charge in [-0.05, 0) is 31.6 Å². The van der Waals surface area contributed by atoms with Gasteiger partial charge in [0.15, 0.2) is 11.5 Å². The molecular weight excluding hydrogens is 320 g/mol. The predicted octanol–water partition coefficient (Wildman–Crippen LogP) is 4.45. The molecular formula is C19H18N2O4. The van der Waals surface area contributed by atoms with Crippen LogP contribution >= 0.6 is 0 Å². The molecule has 0 heterocycles. The standard InChI is InChI=1S/C19H18N2O4/c1-13(2)25-19-15(7-5-9-18(19)24-3)10-16(12-20)14-6-4-8-17(11-14)21(22)23/h4-11,13H,1-3H3/b16-10-. The van der Waals surface area contributed by atoms with Crippen molar-refractivity contribution < 1.29 is 14.4 Å². The lowest BCUT2D eigenvalue weighted by molar-refractivity contribution is -0.384. The zero-order valence-corrected chi connectivity index (χ0v) is 14.2. The molecule has 2 aromatic carbocycles. The summed E-state index contributed by atoms with van der Waals surface area (Å²) >= 11 is 0. The van der Waals surface area contributed by atoms with Gasteiger partial charge >= 0.3 is 0 Å². The SMILES string of the molecule is COc1cccc(/C=C(/C#N)c2cccc([N+](=O)[O-])c2)c1OC(C)C. The average Bonchev–Trinajstić information content (AvgIpc) is 2.60. The summed E-state index contributed by atoms with van der Waals surface area (Å²) in [6, 6.07) is 13.4. The lowest BCUT2D eigenvalue weighted by Crippen LogP contribution is -2.08. The Morgan fingerprint density at radius 2 is 2.00 bits per heavy atom. The average molecular weight is 338 g/mol. The van der Waals surface area contributed by atoms with E-state index in [-0.39, 0.29) is 11.8 Å². The zero-order chi connectivity index (χ0) is 18.4. The fourth-order valence-electron chi connectivity index (χ4n) is 2.29. The summed E-state index contributed by atoms with van der Waals surface area (Å²) in [4.78, 5) is 10.5. The minimum absolute atomic E-state index is 0.0667. The van der Waals surface area contributed by atoms with Gasteiger partial charge in [-0.25, -0.2) is 0 Å². The van der Waals surface area contributed by atoms with E-state index in [1.165, 1.54) is 12.1 Å². The fraction of sp³-hybridized carbons (Fsp3) is 0.211. The Morgan fingerprint density at radius 3 is 2.60 bits per heavy atom. The molecule has 0 radical (unpaired) electrons. The monoisotopic (exact) mass is 338 g/mol. The third-order valence-electron chi connectivity index (χ3n) is 3.37. The van der Waals surface area contributed by atoms with Crippen molar-refractivity contribution in [1.29, 1.82) is 5.26 Å². The number of non-ortho nitro benzene ring substituents is 1. The van der Waals surface area contributed by atoms with Crippen molar-refractivity contribution in [2.75, 3.05) is 7.11 Å². The number of hydrogen-bond donors (Lipinski definition) is 0. The highest BCUT2D eigenvalue weighted by Crippen LogP contribution is 2.34. The summed E-state index contributed by atoms with van der Waals surface area (Å²) in [6.45, 7) is 3.79. The molecule has 128 valence electrons. The van der Waals surface area contributed by atoms with Crippen molar-refractivity contribution in [2.24, 2.45) is 0 Å². The summed E-state index contributed by atoms with van der Waals surface area (Å²) in [5.41, 5.74) is 1.36. The van der Waals surface area contributed by atoms with E-state index in [1.54, 1.807) is 43.5 Å². The second-order valence-corrected chi connectivity index (χ2v) is 5.52. The van der Waals surface area contributed by atoms with Crippen LogP contribution in [0.3, 0.4) is 0 Å². The Labute approximate surface area is 146 Å². The van der Waals surface area contributed by atoms with Crippen LogP contribution in [0, 0.1) is 21.4 Å². The normalized spacial score (nSPS) is 11.1. The van der Waals surface area contributed by atoms with Gasteiger partial charge in [-0.2, -0.15) is 5.26 Å². The first-order valence-corrected chi connectivity index (χ1v) is 7.66. The quantitative estimate of drug-likeness (QED) is 0.336. The van der Waals surface area contributed by atoms with E-state index in [9.17, 15) is 15.4 Å². The van der Waals surface area contributed by atoms with Crippen LogP contribution in [0.5, 0.6) is 11.5 Å². The zero-order valence-electron chi connectivity index (χ0n) is 14.2. The molecule has 6 nitrogen and oxygen atoms in total. The maximum atomic E-state index is 10.9. The van der Waals surface area contributed by atoms with Crippen LogP contribution < -0.4 is 9.47 Å². The minimum atomic E-state index is -0.489. The topological polar surface area (TPSA) is 85.4 Å². The number of nitriles is 1. The fourth-order valence-corrected chi connectivity index (χ4v) is 2.29. The molecule has 0 atom stereocenters. The van der Waals surface area contributed by atoms with Crippen LogP contribution in [0.1, 0.15) is 25.0 Å². The van der Waals surface area contributed by atoms with Crippen molar-refractivity contribution in [2.45, 2.75) is 20.0 Å². The lowest BCUT2D eigenvalue weighted by Gasteiger charge is -2.16. The number of nitro groups is 1. The molecule has 0 amide bonds. The first-order chi connectivity index (χ1) is 12.0. The Morgan fingerprint density at radius 1 is 1.28 bits per heavy atom. The van der Waals surface area contributed by atoms with Gasteiger partial charge in [-0.15, -0.1) is 0 Å². The molecule has 0 bridgehead atoms. The molecule has 0 fully saturated rings. The van der Waals surface area contributed by atoms with Gasteiger partial charge < -0.3 is 9.47 Å². The van der Waals surface area contributed by atoms with Crippen molar-refractivity contribution in [3.8, 4) is 17.6 Å². The maximum Gasteiger partial charge on any atom is 0.270 e. The van der Waals surface area contributed by atoms with Gasteiger partial charge in [0.2, 0.25) is 0 Å². The van der Waals surface area contributed by atoms with Crippen LogP contribution in [0.15, 0.2) is 42.5 Å². The summed E-state index contributed by atoms with van der Waals surface area (Å²) in [5.74, 6) is 1.08. The van der Waals surface area contributed by atoms with Crippen LogP contribution in [0.4, 0.5) is 5.69 Å². The molecule has 0 saturated heterocycles. The highest BCUT2D eigenvalue weighted by atomic mass is 16.6. The van der Waals surface area contributed by atoms with Gasteiger partial charge in [-0.3, -0.25) is 10.1 Å². The first-order valence-electron chi connectivity index (χ1n) is 7.66. The molecule has 0 aliphatic heterocycles. The Kier molecular flexibility index (Phi) is 5.75. The molecule has 0 saturated carbocycles. The van der Waals surface area contributed by atoms with Gasteiger partial charge in [0.05, 0.1) is 29.8 Å². The Bertz CT molecular complexity index is 851. The highest BCUT2D eigenvalue weighted by Gasteiger charge is 2.13. The number of para-hydroxylation sites is 1. The van der Waals surface area contributed by atoms with E-state index in [1.807, 2.05) is 13.8 Å². The molecule has 0 aliphatic rings. The van der Waals surface area contributed by atoms with Gasteiger partial charge in [0.1, 0.15) is 0 Å². The van der Waals surface area contributed by atoms with Crippen LogP contribution in [-0.2, 0) is 0 Å². The summed E-state index contributed by atoms with van der Waals surface area (Å²) in [7, 11) is 1.54. The first kappa shape index (κ1) is 18.0. The molecule has 0 aromatic heterocycles. The van der Waals surface area contributed by atoms with Crippen molar-refractivity contribution in [3.63, 3.8) is 0 Å². The van der Waals surface area contributed by atoms with E-state index >= 15 is 0 Å². The summed E-state index contributed by atoms with van der Waals surface area (Å²) in [6.07, 6.45) is 1.56. The Hall–Kier alpha value is -3.33. The van der Waals surface area contributed by atoms with Crippen LogP contribution in [0.2, 0.25) is 0 Å². The lowest BCUT2D eigenvalue weighted by atomic mass is 10.0. The molecule has 2 aromatic rings. The molecule has 6 heteroatoms. The van der Waals surface area contributed by atoms with E-state index in [0.717, 1.165) is 0 Å². The number of rotatable bonds is 6. The second kappa shape index (κ2) is 7.97. The van der Waals surface area contributed by atoms with E-state index in [0.29, 0.717) is 28.2 Å². The number of nitrogens with zero attached hydrogens (tertiary/aromatic N) is 2. The Balaban J connectivity index is 2.55. The third-order valence-corrected chi connectivity index (χ3v) is 3.37. The molecule has 0 N–H and O–H groups in total. The number of methoxy groups -OCH3 is 1. The predicted molar refractivity (Wildman–Crippen MR) is 95.3 cm³/mol. The largest absolute Gasteiger partial charge is 0.493 e. The summed E-state index contributed by atoms with van der Waals surface area (Å²) < 4.78 is 11.2.